The quantitative estimate of drug-likeness (QED) is 0.779. The smallest absolute Gasteiger partial charge is 0.216 e. The van der Waals surface area contributed by atoms with E-state index in [1.165, 1.54) is 12.8 Å². The zero-order chi connectivity index (χ0) is 14.7. The van der Waals surface area contributed by atoms with Crippen molar-refractivity contribution in [3.8, 4) is 0 Å². The van der Waals surface area contributed by atoms with Gasteiger partial charge in [-0.2, -0.15) is 4.31 Å². The van der Waals surface area contributed by atoms with Crippen LogP contribution in [0.1, 0.15) is 47.5 Å². The van der Waals surface area contributed by atoms with Gasteiger partial charge < -0.3 is 4.90 Å². The Morgan fingerprint density at radius 1 is 1.05 bits per heavy atom. The predicted molar refractivity (Wildman–Crippen MR) is 80.8 cm³/mol. The molecule has 1 heterocycles. The van der Waals surface area contributed by atoms with Crippen LogP contribution in [-0.4, -0.2) is 55.6 Å². The first kappa shape index (κ1) is 16.9. The van der Waals surface area contributed by atoms with Crippen LogP contribution in [0.4, 0.5) is 0 Å². The van der Waals surface area contributed by atoms with Crippen molar-refractivity contribution < 1.29 is 8.42 Å². The van der Waals surface area contributed by atoms with Gasteiger partial charge in [-0.25, -0.2) is 8.42 Å². The predicted octanol–water partition coefficient (Wildman–Crippen LogP) is 2.17. The first-order valence-electron chi connectivity index (χ1n) is 7.34. The summed E-state index contributed by atoms with van der Waals surface area (Å²) in [5.74, 6) is 0. The molecule has 0 amide bonds. The highest BCUT2D eigenvalue weighted by Gasteiger charge is 2.29. The van der Waals surface area contributed by atoms with Crippen molar-refractivity contribution in [2.45, 2.75) is 52.7 Å². The number of hydrogen-bond donors (Lipinski definition) is 0. The molecule has 0 N–H and O–H groups in total. The van der Waals surface area contributed by atoms with Crippen LogP contribution in [0.5, 0.6) is 0 Å². The summed E-state index contributed by atoms with van der Waals surface area (Å²) in [7, 11) is -3.06. The van der Waals surface area contributed by atoms with E-state index >= 15 is 0 Å². The van der Waals surface area contributed by atoms with Gasteiger partial charge in [0.15, 0.2) is 0 Å². The highest BCUT2D eigenvalue weighted by atomic mass is 32.2. The minimum absolute atomic E-state index is 0.306. The van der Waals surface area contributed by atoms with Gasteiger partial charge in [-0.15, -0.1) is 0 Å². The molecule has 0 saturated carbocycles. The molecule has 19 heavy (non-hydrogen) atoms. The van der Waals surface area contributed by atoms with Crippen molar-refractivity contribution in [3.05, 3.63) is 0 Å². The van der Waals surface area contributed by atoms with Crippen LogP contribution >= 0.6 is 0 Å². The summed E-state index contributed by atoms with van der Waals surface area (Å²) in [6, 6.07) is 0. The molecule has 4 nitrogen and oxygen atoms in total. The Labute approximate surface area is 119 Å². The van der Waals surface area contributed by atoms with E-state index in [0.29, 0.717) is 18.5 Å². The fourth-order valence-corrected chi connectivity index (χ4v) is 3.61. The summed E-state index contributed by atoms with van der Waals surface area (Å²) >= 11 is 0. The molecule has 1 saturated heterocycles. The first-order valence-corrected chi connectivity index (χ1v) is 8.84. The number of hydrogen-bond acceptors (Lipinski definition) is 3. The molecule has 0 atom stereocenters. The summed E-state index contributed by atoms with van der Waals surface area (Å²) in [5, 5.41) is -0.306. The van der Waals surface area contributed by atoms with Crippen LogP contribution in [0, 0.1) is 5.41 Å². The van der Waals surface area contributed by atoms with Gasteiger partial charge in [0.25, 0.3) is 0 Å². The van der Waals surface area contributed by atoms with Crippen molar-refractivity contribution in [2.24, 2.45) is 5.41 Å². The standard InChI is InChI=1S/C14H30N2O2S/c1-13(2)19(17,18)16-11-9-15(10-12-16)8-6-7-14(3,4)5/h13H,6-12H2,1-5H3. The van der Waals surface area contributed by atoms with Gasteiger partial charge in [0.2, 0.25) is 10.0 Å². The first-order chi connectivity index (χ1) is 8.63. The molecule has 0 spiro atoms. The van der Waals surface area contributed by atoms with E-state index in [2.05, 4.69) is 25.7 Å². The largest absolute Gasteiger partial charge is 0.301 e. The zero-order valence-electron chi connectivity index (χ0n) is 13.1. The third-order valence-corrected chi connectivity index (χ3v) is 5.96. The lowest BCUT2D eigenvalue weighted by Gasteiger charge is -2.35. The van der Waals surface area contributed by atoms with E-state index in [4.69, 9.17) is 0 Å². The van der Waals surface area contributed by atoms with E-state index in [0.717, 1.165) is 19.6 Å². The Morgan fingerprint density at radius 2 is 1.58 bits per heavy atom. The Balaban J connectivity index is 2.34. The summed E-state index contributed by atoms with van der Waals surface area (Å²) in [5.41, 5.74) is 0.392. The third kappa shape index (κ3) is 5.40. The Morgan fingerprint density at radius 3 is 2.00 bits per heavy atom. The maximum Gasteiger partial charge on any atom is 0.216 e. The van der Waals surface area contributed by atoms with Crippen LogP contribution in [0.25, 0.3) is 0 Å². The molecular weight excluding hydrogens is 260 g/mol. The second kappa shape index (κ2) is 6.55. The highest BCUT2D eigenvalue weighted by Crippen LogP contribution is 2.21. The maximum atomic E-state index is 12.0. The van der Waals surface area contributed by atoms with Crippen LogP contribution < -0.4 is 0 Å². The average molecular weight is 290 g/mol. The SMILES string of the molecule is CC(C)S(=O)(=O)N1CCN(CCCC(C)(C)C)CC1. The topological polar surface area (TPSA) is 40.6 Å². The van der Waals surface area contributed by atoms with Gasteiger partial charge in [-0.3, -0.25) is 0 Å². The second-order valence-electron chi connectivity index (χ2n) is 7.00. The van der Waals surface area contributed by atoms with Gasteiger partial charge in [-0.1, -0.05) is 20.8 Å². The molecule has 0 radical (unpaired) electrons. The van der Waals surface area contributed by atoms with E-state index in [9.17, 15) is 8.42 Å². The summed E-state index contributed by atoms with van der Waals surface area (Å²) < 4.78 is 25.7. The van der Waals surface area contributed by atoms with Gasteiger partial charge in [-0.05, 0) is 38.6 Å². The molecule has 0 unspecified atom stereocenters. The van der Waals surface area contributed by atoms with Gasteiger partial charge in [0, 0.05) is 26.2 Å². The lowest BCUT2D eigenvalue weighted by molar-refractivity contribution is 0.178. The lowest BCUT2D eigenvalue weighted by atomic mass is 9.90. The van der Waals surface area contributed by atoms with Gasteiger partial charge >= 0.3 is 0 Å². The second-order valence-corrected chi connectivity index (χ2v) is 9.49. The van der Waals surface area contributed by atoms with Gasteiger partial charge in [0.05, 0.1) is 5.25 Å². The minimum Gasteiger partial charge on any atom is -0.301 e. The Bertz CT molecular complexity index is 363. The van der Waals surface area contributed by atoms with Crippen molar-refractivity contribution in [1.82, 2.24) is 9.21 Å². The summed E-state index contributed by atoms with van der Waals surface area (Å²) in [4.78, 5) is 2.39. The van der Waals surface area contributed by atoms with Crippen molar-refractivity contribution in [1.29, 1.82) is 0 Å². The van der Waals surface area contributed by atoms with E-state index in [1.807, 2.05) is 0 Å². The van der Waals surface area contributed by atoms with Crippen LogP contribution in [0.3, 0.4) is 0 Å². The van der Waals surface area contributed by atoms with E-state index in [1.54, 1.807) is 18.2 Å². The maximum absolute atomic E-state index is 12.0. The van der Waals surface area contributed by atoms with Crippen molar-refractivity contribution in [2.75, 3.05) is 32.7 Å². The zero-order valence-corrected chi connectivity index (χ0v) is 14.0. The molecule has 0 aromatic carbocycles. The summed E-state index contributed by atoms with van der Waals surface area (Å²) in [6.07, 6.45) is 2.41. The monoisotopic (exact) mass is 290 g/mol. The van der Waals surface area contributed by atoms with Crippen LogP contribution in [-0.2, 0) is 10.0 Å². The molecule has 0 bridgehead atoms. The number of sulfonamides is 1. The molecular formula is C14H30N2O2S. The molecule has 0 aromatic heterocycles. The normalized spacial score (nSPS) is 20.1. The molecule has 114 valence electrons. The van der Waals surface area contributed by atoms with Crippen molar-refractivity contribution in [3.63, 3.8) is 0 Å². The van der Waals surface area contributed by atoms with Crippen molar-refractivity contribution >= 4 is 10.0 Å². The minimum atomic E-state index is -3.06. The summed E-state index contributed by atoms with van der Waals surface area (Å²) in [6.45, 7) is 14.4. The van der Waals surface area contributed by atoms with Gasteiger partial charge in [0.1, 0.15) is 0 Å². The lowest BCUT2D eigenvalue weighted by Crippen LogP contribution is -2.50. The third-order valence-electron chi connectivity index (χ3n) is 3.69. The molecule has 1 fully saturated rings. The average Bonchev–Trinajstić information content (AvgIpc) is 2.27. The molecule has 0 aliphatic carbocycles. The Kier molecular flexibility index (Phi) is 5.83. The molecule has 5 heteroatoms. The van der Waals surface area contributed by atoms with E-state index < -0.39 is 10.0 Å². The number of rotatable bonds is 5. The van der Waals surface area contributed by atoms with Crippen LogP contribution in [0.15, 0.2) is 0 Å². The number of nitrogens with zero attached hydrogens (tertiary/aromatic N) is 2. The molecule has 1 rings (SSSR count). The van der Waals surface area contributed by atoms with Crippen LogP contribution in [0.2, 0.25) is 0 Å². The Hall–Kier alpha value is -0.130. The fourth-order valence-electron chi connectivity index (χ4n) is 2.34. The van der Waals surface area contributed by atoms with E-state index in [-0.39, 0.29) is 5.25 Å². The highest BCUT2D eigenvalue weighted by molar-refractivity contribution is 7.89. The fraction of sp³-hybridized carbons (Fsp3) is 1.00. The molecule has 1 aliphatic rings. The molecule has 0 aromatic rings. The molecule has 1 aliphatic heterocycles. The number of piperazine rings is 1.